The lowest BCUT2D eigenvalue weighted by atomic mass is 9.92. The zero-order valence-corrected chi connectivity index (χ0v) is 11.2. The molecule has 1 heterocycles. The van der Waals surface area contributed by atoms with Gasteiger partial charge in [0.2, 0.25) is 11.8 Å². The molecule has 2 amide bonds. The van der Waals surface area contributed by atoms with Gasteiger partial charge in [-0.15, -0.1) is 0 Å². The first-order chi connectivity index (χ1) is 8.63. The predicted octanol–water partition coefficient (Wildman–Crippen LogP) is 1.47. The monoisotopic (exact) mass is 250 g/mol. The van der Waals surface area contributed by atoms with Crippen molar-refractivity contribution < 1.29 is 9.59 Å². The van der Waals surface area contributed by atoms with Gasteiger partial charge in [0, 0.05) is 6.54 Å². The Labute approximate surface area is 108 Å². The van der Waals surface area contributed by atoms with Crippen LogP contribution < -0.4 is 5.32 Å². The van der Waals surface area contributed by atoms with Gasteiger partial charge < -0.3 is 10.2 Å². The molecule has 0 bridgehead atoms. The zero-order chi connectivity index (χ0) is 13.1. The summed E-state index contributed by atoms with van der Waals surface area (Å²) in [6.07, 6.45) is 8.30. The van der Waals surface area contributed by atoms with Crippen LogP contribution in [0, 0.1) is 5.92 Å². The number of hydrogen-bond donors (Lipinski definition) is 1. The third-order valence-electron chi connectivity index (χ3n) is 3.91. The van der Waals surface area contributed by atoms with E-state index < -0.39 is 0 Å². The average molecular weight is 250 g/mol. The number of carbonyl (C=O) groups is 2. The van der Waals surface area contributed by atoms with E-state index in [0.717, 1.165) is 25.8 Å². The predicted molar refractivity (Wildman–Crippen MR) is 69.9 cm³/mol. The molecule has 2 rings (SSSR count). The van der Waals surface area contributed by atoms with Crippen LogP contribution in [-0.4, -0.2) is 35.3 Å². The van der Waals surface area contributed by atoms with Crippen molar-refractivity contribution in [1.82, 2.24) is 10.2 Å². The molecule has 1 aliphatic carbocycles. The van der Waals surface area contributed by atoms with Crippen molar-refractivity contribution in [3.05, 3.63) is 12.2 Å². The van der Waals surface area contributed by atoms with Crippen LogP contribution in [0.5, 0.6) is 0 Å². The number of nitrogens with zero attached hydrogens (tertiary/aromatic N) is 1. The molecule has 18 heavy (non-hydrogen) atoms. The van der Waals surface area contributed by atoms with Crippen LogP contribution >= 0.6 is 0 Å². The second-order valence-electron chi connectivity index (χ2n) is 5.30. The Morgan fingerprint density at radius 3 is 2.78 bits per heavy atom. The number of amides is 2. The van der Waals surface area contributed by atoms with Gasteiger partial charge >= 0.3 is 0 Å². The largest absolute Gasteiger partial charge is 0.343 e. The summed E-state index contributed by atoms with van der Waals surface area (Å²) in [5.41, 5.74) is 0. The van der Waals surface area contributed by atoms with E-state index in [1.165, 1.54) is 0 Å². The molecular formula is C14H22N2O2. The smallest absolute Gasteiger partial charge is 0.245 e. The van der Waals surface area contributed by atoms with Crippen LogP contribution in [0.1, 0.15) is 39.5 Å². The van der Waals surface area contributed by atoms with E-state index in [4.69, 9.17) is 0 Å². The molecule has 1 saturated heterocycles. The van der Waals surface area contributed by atoms with E-state index in [1.54, 1.807) is 11.8 Å². The molecular weight excluding hydrogens is 228 g/mol. The van der Waals surface area contributed by atoms with Crippen LogP contribution in [0.4, 0.5) is 0 Å². The molecule has 0 spiro atoms. The second kappa shape index (κ2) is 5.55. The summed E-state index contributed by atoms with van der Waals surface area (Å²) in [5, 5.41) is 2.75. The maximum atomic E-state index is 12.2. The van der Waals surface area contributed by atoms with Gasteiger partial charge in [0.15, 0.2) is 0 Å². The Kier molecular flexibility index (Phi) is 4.04. The fraction of sp³-hybridized carbons (Fsp3) is 0.714. The summed E-state index contributed by atoms with van der Waals surface area (Å²) in [4.78, 5) is 25.9. The number of nitrogens with one attached hydrogen (secondary N) is 1. The fourth-order valence-electron chi connectivity index (χ4n) is 2.84. The van der Waals surface area contributed by atoms with Crippen molar-refractivity contribution >= 4 is 11.8 Å². The summed E-state index contributed by atoms with van der Waals surface area (Å²) in [6.45, 7) is 4.45. The minimum atomic E-state index is -0.376. The summed E-state index contributed by atoms with van der Waals surface area (Å²) in [7, 11) is 0. The maximum Gasteiger partial charge on any atom is 0.245 e. The molecule has 0 saturated carbocycles. The molecule has 0 aromatic carbocycles. The Morgan fingerprint density at radius 1 is 1.39 bits per heavy atom. The van der Waals surface area contributed by atoms with E-state index in [2.05, 4.69) is 17.5 Å². The topological polar surface area (TPSA) is 49.4 Å². The van der Waals surface area contributed by atoms with Gasteiger partial charge in [-0.3, -0.25) is 9.59 Å². The van der Waals surface area contributed by atoms with Gasteiger partial charge in [0.25, 0.3) is 0 Å². The van der Waals surface area contributed by atoms with Crippen LogP contribution in [0.25, 0.3) is 0 Å². The Hall–Kier alpha value is -1.32. The van der Waals surface area contributed by atoms with Gasteiger partial charge in [0.1, 0.15) is 12.1 Å². The Balaban J connectivity index is 2.08. The van der Waals surface area contributed by atoms with Crippen molar-refractivity contribution in [2.75, 3.05) is 6.54 Å². The lowest BCUT2D eigenvalue weighted by molar-refractivity contribution is -0.149. The normalized spacial score (nSPS) is 32.6. The molecule has 0 aromatic heterocycles. The number of piperazine rings is 1. The number of rotatable bonds is 3. The van der Waals surface area contributed by atoms with E-state index >= 15 is 0 Å². The molecule has 4 nitrogen and oxygen atoms in total. The van der Waals surface area contributed by atoms with Gasteiger partial charge in [-0.2, -0.15) is 0 Å². The van der Waals surface area contributed by atoms with E-state index in [0.29, 0.717) is 12.3 Å². The third kappa shape index (κ3) is 2.57. The van der Waals surface area contributed by atoms with Gasteiger partial charge in [-0.05, 0) is 38.5 Å². The lowest BCUT2D eigenvalue weighted by Crippen LogP contribution is -2.63. The summed E-state index contributed by atoms with van der Waals surface area (Å²) in [5.74, 6) is 0.568. The van der Waals surface area contributed by atoms with Crippen LogP contribution in [0.15, 0.2) is 12.2 Å². The average Bonchev–Trinajstić information content (AvgIpc) is 2.37. The first-order valence-electron chi connectivity index (χ1n) is 6.89. The van der Waals surface area contributed by atoms with Gasteiger partial charge in [-0.1, -0.05) is 19.1 Å². The number of carbonyl (C=O) groups excluding carboxylic acids is 2. The fourth-order valence-corrected chi connectivity index (χ4v) is 2.84. The van der Waals surface area contributed by atoms with Crippen molar-refractivity contribution in [3.8, 4) is 0 Å². The number of hydrogen-bond acceptors (Lipinski definition) is 2. The Morgan fingerprint density at radius 2 is 2.17 bits per heavy atom. The minimum Gasteiger partial charge on any atom is -0.343 e. The van der Waals surface area contributed by atoms with Crippen molar-refractivity contribution in [1.29, 1.82) is 0 Å². The third-order valence-corrected chi connectivity index (χ3v) is 3.91. The molecule has 0 radical (unpaired) electrons. The molecule has 1 fully saturated rings. The SMILES string of the molecule is CCC1C(=O)NC(C)C(=O)N1CC1CC=CCC1. The van der Waals surface area contributed by atoms with Gasteiger partial charge in [0.05, 0.1) is 0 Å². The highest BCUT2D eigenvalue weighted by atomic mass is 16.2. The zero-order valence-electron chi connectivity index (χ0n) is 11.2. The van der Waals surface area contributed by atoms with Crippen LogP contribution in [0.3, 0.4) is 0 Å². The molecule has 3 atom stereocenters. The summed E-state index contributed by atoms with van der Waals surface area (Å²) < 4.78 is 0. The van der Waals surface area contributed by atoms with Crippen molar-refractivity contribution in [3.63, 3.8) is 0 Å². The standard InChI is InChI=1S/C14H22N2O2/c1-3-12-13(17)15-10(2)14(18)16(12)9-11-7-5-4-6-8-11/h4-5,10-12H,3,6-9H2,1-2H3,(H,15,17). The first kappa shape index (κ1) is 13.1. The second-order valence-corrected chi connectivity index (χ2v) is 5.30. The molecule has 2 aliphatic rings. The van der Waals surface area contributed by atoms with Crippen LogP contribution in [0.2, 0.25) is 0 Å². The highest BCUT2D eigenvalue weighted by molar-refractivity contribution is 5.96. The molecule has 100 valence electrons. The molecule has 3 unspecified atom stereocenters. The quantitative estimate of drug-likeness (QED) is 0.771. The summed E-state index contributed by atoms with van der Waals surface area (Å²) >= 11 is 0. The van der Waals surface area contributed by atoms with Gasteiger partial charge in [-0.25, -0.2) is 0 Å². The van der Waals surface area contributed by atoms with Crippen molar-refractivity contribution in [2.45, 2.75) is 51.6 Å². The maximum absolute atomic E-state index is 12.2. The van der Waals surface area contributed by atoms with E-state index in [-0.39, 0.29) is 23.9 Å². The highest BCUT2D eigenvalue weighted by Crippen LogP contribution is 2.22. The van der Waals surface area contributed by atoms with Crippen LogP contribution in [-0.2, 0) is 9.59 Å². The molecule has 1 aliphatic heterocycles. The highest BCUT2D eigenvalue weighted by Gasteiger charge is 2.38. The van der Waals surface area contributed by atoms with E-state index in [1.807, 2.05) is 6.92 Å². The molecule has 4 heteroatoms. The van der Waals surface area contributed by atoms with Crippen molar-refractivity contribution in [2.24, 2.45) is 5.92 Å². The number of allylic oxidation sites excluding steroid dienone is 2. The molecule has 1 N–H and O–H groups in total. The summed E-state index contributed by atoms with van der Waals surface area (Å²) in [6, 6.07) is -0.654. The lowest BCUT2D eigenvalue weighted by Gasteiger charge is -2.39. The first-order valence-corrected chi connectivity index (χ1v) is 6.89. The van der Waals surface area contributed by atoms with E-state index in [9.17, 15) is 9.59 Å². The minimum absolute atomic E-state index is 0.00375. The molecule has 0 aromatic rings. The Bertz CT molecular complexity index is 365.